The molecule has 24 heavy (non-hydrogen) atoms. The third-order valence-corrected chi connectivity index (χ3v) is 4.28. The molecule has 2 N–H and O–H groups in total. The topological polar surface area (TPSA) is 67.4 Å². The molecule has 0 aliphatic rings. The number of hydrogen-bond acceptors (Lipinski definition) is 3. The Morgan fingerprint density at radius 1 is 1.12 bits per heavy atom. The second-order valence-electron chi connectivity index (χ2n) is 5.26. The number of ether oxygens (including phenoxy) is 1. The number of hydrogen-bond donors (Lipinski definition) is 2. The molecule has 0 spiro atoms. The highest BCUT2D eigenvalue weighted by Crippen LogP contribution is 2.17. The smallest absolute Gasteiger partial charge is 0.276 e. The number of rotatable bonds is 5. The van der Waals surface area contributed by atoms with Gasteiger partial charge in [-0.15, -0.1) is 0 Å². The normalized spacial score (nSPS) is 10.1. The lowest BCUT2D eigenvalue weighted by atomic mass is 10.1. The summed E-state index contributed by atoms with van der Waals surface area (Å²) >= 11 is 3.37. The maximum absolute atomic E-state index is 12.0. The van der Waals surface area contributed by atoms with Gasteiger partial charge in [0.2, 0.25) is 0 Å². The van der Waals surface area contributed by atoms with E-state index in [1.807, 2.05) is 38.1 Å². The van der Waals surface area contributed by atoms with Crippen molar-refractivity contribution in [2.45, 2.75) is 20.3 Å². The zero-order chi connectivity index (χ0) is 17.5. The zero-order valence-corrected chi connectivity index (χ0v) is 15.1. The van der Waals surface area contributed by atoms with Crippen molar-refractivity contribution in [3.8, 4) is 5.75 Å². The summed E-state index contributed by atoms with van der Waals surface area (Å²) in [5.41, 5.74) is 7.31. The molecule has 0 atom stereocenters. The molecule has 2 aromatic rings. The molecule has 2 rings (SSSR count). The quantitative estimate of drug-likeness (QED) is 0.770. The largest absolute Gasteiger partial charge is 0.484 e. The van der Waals surface area contributed by atoms with Gasteiger partial charge in [-0.3, -0.25) is 20.4 Å². The highest BCUT2D eigenvalue weighted by atomic mass is 79.9. The van der Waals surface area contributed by atoms with Gasteiger partial charge >= 0.3 is 0 Å². The number of hydrazine groups is 1. The van der Waals surface area contributed by atoms with Crippen molar-refractivity contribution in [2.24, 2.45) is 0 Å². The van der Waals surface area contributed by atoms with Gasteiger partial charge in [-0.1, -0.05) is 41.1 Å². The third kappa shape index (κ3) is 5.09. The first-order chi connectivity index (χ1) is 11.5. The average molecular weight is 391 g/mol. The molecule has 0 bridgehead atoms. The summed E-state index contributed by atoms with van der Waals surface area (Å²) < 4.78 is 6.25. The molecule has 2 amide bonds. The highest BCUT2D eigenvalue weighted by molar-refractivity contribution is 9.10. The minimum absolute atomic E-state index is 0.176. The van der Waals surface area contributed by atoms with Crippen LogP contribution in [0.25, 0.3) is 0 Å². The zero-order valence-electron chi connectivity index (χ0n) is 13.6. The van der Waals surface area contributed by atoms with Gasteiger partial charge in [0.15, 0.2) is 6.61 Å². The Balaban J connectivity index is 1.82. The molecule has 0 fully saturated rings. The second kappa shape index (κ2) is 8.49. The van der Waals surface area contributed by atoms with Crippen LogP contribution in [0.2, 0.25) is 0 Å². The highest BCUT2D eigenvalue weighted by Gasteiger charge is 2.09. The molecule has 2 aromatic carbocycles. The molecule has 126 valence electrons. The van der Waals surface area contributed by atoms with Crippen molar-refractivity contribution in [3.63, 3.8) is 0 Å². The van der Waals surface area contributed by atoms with Crippen LogP contribution < -0.4 is 15.6 Å². The van der Waals surface area contributed by atoms with Crippen LogP contribution in [-0.2, 0) is 11.2 Å². The standard InChI is InChI=1S/C18H19BrN2O3/c1-3-13-5-4-6-15(9-13)24-11-17(22)20-21-18(23)14-8-7-12(2)16(19)10-14/h4-10H,3,11H2,1-2H3,(H,20,22)(H,21,23). The van der Waals surface area contributed by atoms with Gasteiger partial charge in [0.05, 0.1) is 0 Å². The van der Waals surface area contributed by atoms with E-state index < -0.39 is 11.8 Å². The van der Waals surface area contributed by atoms with Crippen LogP contribution in [0, 0.1) is 6.92 Å². The molecular formula is C18H19BrN2O3. The number of carbonyl (C=O) groups is 2. The fourth-order valence-corrected chi connectivity index (χ4v) is 2.35. The minimum atomic E-state index is -0.434. The number of benzene rings is 2. The summed E-state index contributed by atoms with van der Waals surface area (Å²) in [4.78, 5) is 23.8. The van der Waals surface area contributed by atoms with Crippen LogP contribution in [0.4, 0.5) is 0 Å². The molecular weight excluding hydrogens is 372 g/mol. The van der Waals surface area contributed by atoms with Gasteiger partial charge in [-0.05, 0) is 48.7 Å². The molecule has 0 aliphatic carbocycles. The lowest BCUT2D eigenvalue weighted by Gasteiger charge is -2.10. The summed E-state index contributed by atoms with van der Waals surface area (Å²) in [7, 11) is 0. The Morgan fingerprint density at radius 2 is 1.92 bits per heavy atom. The van der Waals surface area contributed by atoms with Crippen molar-refractivity contribution < 1.29 is 14.3 Å². The van der Waals surface area contributed by atoms with Crippen LogP contribution in [0.5, 0.6) is 5.75 Å². The summed E-state index contributed by atoms with van der Waals surface area (Å²) in [5.74, 6) is -0.202. The predicted octanol–water partition coefficient (Wildman–Crippen LogP) is 3.16. The van der Waals surface area contributed by atoms with Crippen LogP contribution in [-0.4, -0.2) is 18.4 Å². The molecule has 0 unspecified atom stereocenters. The van der Waals surface area contributed by atoms with E-state index in [0.717, 1.165) is 22.0 Å². The minimum Gasteiger partial charge on any atom is -0.484 e. The first-order valence-corrected chi connectivity index (χ1v) is 8.36. The van der Waals surface area contributed by atoms with E-state index in [1.165, 1.54) is 0 Å². The van der Waals surface area contributed by atoms with E-state index in [4.69, 9.17) is 4.74 Å². The van der Waals surface area contributed by atoms with Crippen molar-refractivity contribution in [3.05, 3.63) is 63.6 Å². The Bertz CT molecular complexity index is 747. The van der Waals surface area contributed by atoms with Crippen LogP contribution in [0.1, 0.15) is 28.4 Å². The third-order valence-electron chi connectivity index (χ3n) is 3.43. The van der Waals surface area contributed by atoms with Gasteiger partial charge in [-0.2, -0.15) is 0 Å². The number of amides is 2. The molecule has 0 heterocycles. The molecule has 6 heteroatoms. The SMILES string of the molecule is CCc1cccc(OCC(=O)NNC(=O)c2ccc(C)c(Br)c2)c1. The lowest BCUT2D eigenvalue weighted by Crippen LogP contribution is -2.43. The van der Waals surface area contributed by atoms with Gasteiger partial charge in [-0.25, -0.2) is 0 Å². The van der Waals surface area contributed by atoms with Crippen molar-refractivity contribution >= 4 is 27.7 Å². The monoisotopic (exact) mass is 390 g/mol. The van der Waals surface area contributed by atoms with Crippen molar-refractivity contribution in [2.75, 3.05) is 6.61 Å². The number of halogens is 1. The second-order valence-corrected chi connectivity index (χ2v) is 6.11. The van der Waals surface area contributed by atoms with E-state index in [0.29, 0.717) is 11.3 Å². The number of carbonyl (C=O) groups excluding carboxylic acids is 2. The first-order valence-electron chi connectivity index (χ1n) is 7.56. The fraction of sp³-hybridized carbons (Fsp3) is 0.222. The molecule has 5 nitrogen and oxygen atoms in total. The van der Waals surface area contributed by atoms with Crippen molar-refractivity contribution in [1.82, 2.24) is 10.9 Å². The molecule has 0 saturated carbocycles. The van der Waals surface area contributed by atoms with E-state index >= 15 is 0 Å². The summed E-state index contributed by atoms with van der Waals surface area (Å²) in [6.45, 7) is 3.80. The predicted molar refractivity (Wildman–Crippen MR) is 95.8 cm³/mol. The maximum atomic E-state index is 12.0. The Hall–Kier alpha value is -2.34. The number of nitrogens with one attached hydrogen (secondary N) is 2. The van der Waals surface area contributed by atoms with Gasteiger partial charge < -0.3 is 4.74 Å². The molecule has 0 aliphatic heterocycles. The van der Waals surface area contributed by atoms with E-state index in [9.17, 15) is 9.59 Å². The van der Waals surface area contributed by atoms with Gasteiger partial charge in [0, 0.05) is 10.0 Å². The lowest BCUT2D eigenvalue weighted by molar-refractivity contribution is -0.123. The Kier molecular flexibility index (Phi) is 6.37. The summed E-state index contributed by atoms with van der Waals surface area (Å²) in [5, 5.41) is 0. The van der Waals surface area contributed by atoms with Crippen LogP contribution in [0.3, 0.4) is 0 Å². The maximum Gasteiger partial charge on any atom is 0.276 e. The van der Waals surface area contributed by atoms with E-state index in [1.54, 1.807) is 18.2 Å². The van der Waals surface area contributed by atoms with E-state index in [-0.39, 0.29) is 6.61 Å². The molecule has 0 aromatic heterocycles. The van der Waals surface area contributed by atoms with Crippen LogP contribution >= 0.6 is 15.9 Å². The van der Waals surface area contributed by atoms with Crippen LogP contribution in [0.15, 0.2) is 46.9 Å². The van der Waals surface area contributed by atoms with Crippen molar-refractivity contribution in [1.29, 1.82) is 0 Å². The Morgan fingerprint density at radius 3 is 2.62 bits per heavy atom. The molecule has 0 saturated heterocycles. The van der Waals surface area contributed by atoms with Gasteiger partial charge in [0.25, 0.3) is 11.8 Å². The van der Waals surface area contributed by atoms with E-state index in [2.05, 4.69) is 26.8 Å². The Labute approximate surface area is 149 Å². The number of aryl methyl sites for hydroxylation is 2. The fourth-order valence-electron chi connectivity index (χ4n) is 1.97. The molecule has 0 radical (unpaired) electrons. The summed E-state index contributed by atoms with van der Waals surface area (Å²) in [6.07, 6.45) is 0.894. The average Bonchev–Trinajstić information content (AvgIpc) is 2.60. The van der Waals surface area contributed by atoms with Gasteiger partial charge in [0.1, 0.15) is 5.75 Å². The first kappa shape index (κ1) is 18.0. The summed E-state index contributed by atoms with van der Waals surface area (Å²) in [6, 6.07) is 12.8.